The number of nitrogens with zero attached hydrogens (tertiary/aromatic N) is 1. The number of fused-ring (bicyclic) bond motifs is 2. The van der Waals surface area contributed by atoms with Crippen molar-refractivity contribution in [2.75, 3.05) is 14.2 Å². The Morgan fingerprint density at radius 3 is 2.23 bits per heavy atom. The van der Waals surface area contributed by atoms with Crippen molar-refractivity contribution in [3.8, 4) is 11.5 Å². The number of methoxy groups -OCH3 is 2. The number of rotatable bonds is 5. The van der Waals surface area contributed by atoms with Crippen molar-refractivity contribution >= 4 is 16.9 Å². The van der Waals surface area contributed by atoms with Crippen LogP contribution in [0.2, 0.25) is 0 Å². The zero-order chi connectivity index (χ0) is 24.9. The van der Waals surface area contributed by atoms with Crippen LogP contribution in [0.15, 0.2) is 63.8 Å². The van der Waals surface area contributed by atoms with E-state index >= 15 is 0 Å². The summed E-state index contributed by atoms with van der Waals surface area (Å²) in [5.41, 5.74) is 5.42. The lowest BCUT2D eigenvalue weighted by Crippen LogP contribution is -2.29. The normalized spacial score (nSPS) is 14.9. The minimum absolute atomic E-state index is 0.0950. The van der Waals surface area contributed by atoms with Gasteiger partial charge in [0.05, 0.1) is 31.2 Å². The summed E-state index contributed by atoms with van der Waals surface area (Å²) in [5, 5.41) is 0.474. The topological polar surface area (TPSA) is 69.0 Å². The molecule has 1 unspecified atom stereocenters. The highest BCUT2D eigenvalue weighted by molar-refractivity contribution is 5.99. The standard InChI is InChI=1S/C29H27NO5/c1-16-6-8-19(9-7-16)15-30-26(20-10-11-22(33-4)24(14-20)34-5)25-27(31)21-12-17(2)18(3)13-23(21)35-28(25)29(30)32/h6-14,26H,15H2,1-5H3. The quantitative estimate of drug-likeness (QED) is 0.387. The van der Waals surface area contributed by atoms with Crippen molar-refractivity contribution in [2.45, 2.75) is 33.4 Å². The predicted octanol–water partition coefficient (Wildman–Crippen LogP) is 5.48. The first-order valence-electron chi connectivity index (χ1n) is 11.5. The monoisotopic (exact) mass is 469 g/mol. The Balaban J connectivity index is 1.74. The van der Waals surface area contributed by atoms with Gasteiger partial charge in [-0.05, 0) is 67.3 Å². The van der Waals surface area contributed by atoms with Crippen LogP contribution < -0.4 is 14.9 Å². The van der Waals surface area contributed by atoms with Gasteiger partial charge < -0.3 is 18.8 Å². The van der Waals surface area contributed by atoms with Gasteiger partial charge in [0, 0.05) is 6.54 Å². The molecule has 0 saturated heterocycles. The second kappa shape index (κ2) is 8.62. The van der Waals surface area contributed by atoms with Gasteiger partial charge in [0.2, 0.25) is 5.76 Å². The summed E-state index contributed by atoms with van der Waals surface area (Å²) in [6.45, 7) is 6.27. The summed E-state index contributed by atoms with van der Waals surface area (Å²) < 4.78 is 17.0. The van der Waals surface area contributed by atoms with Gasteiger partial charge >= 0.3 is 0 Å². The van der Waals surface area contributed by atoms with E-state index in [1.165, 1.54) is 0 Å². The number of hydrogen-bond donors (Lipinski definition) is 0. The van der Waals surface area contributed by atoms with Crippen LogP contribution in [-0.2, 0) is 6.54 Å². The zero-order valence-corrected chi connectivity index (χ0v) is 20.5. The molecule has 1 aromatic heterocycles. The molecule has 1 aliphatic heterocycles. The molecule has 2 heterocycles. The van der Waals surface area contributed by atoms with Crippen LogP contribution in [0, 0.1) is 20.8 Å². The largest absolute Gasteiger partial charge is 0.493 e. The minimum atomic E-state index is -0.624. The highest BCUT2D eigenvalue weighted by Crippen LogP contribution is 2.41. The number of carbonyl (C=O) groups is 1. The van der Waals surface area contributed by atoms with E-state index in [1.807, 2.05) is 69.3 Å². The van der Waals surface area contributed by atoms with Gasteiger partial charge in [-0.3, -0.25) is 9.59 Å². The van der Waals surface area contributed by atoms with Gasteiger partial charge in [-0.15, -0.1) is 0 Å². The molecule has 1 atom stereocenters. The molecule has 4 aromatic rings. The fraction of sp³-hybridized carbons (Fsp3) is 0.241. The summed E-state index contributed by atoms with van der Waals surface area (Å²) in [5.74, 6) is 0.885. The van der Waals surface area contributed by atoms with Gasteiger partial charge in [0.15, 0.2) is 16.9 Å². The molecular formula is C29H27NO5. The highest BCUT2D eigenvalue weighted by Gasteiger charge is 2.43. The first-order valence-corrected chi connectivity index (χ1v) is 11.5. The second-order valence-corrected chi connectivity index (χ2v) is 9.04. The average molecular weight is 470 g/mol. The van der Waals surface area contributed by atoms with Crippen LogP contribution in [0.5, 0.6) is 11.5 Å². The lowest BCUT2D eigenvalue weighted by Gasteiger charge is -2.26. The number of ether oxygens (including phenoxy) is 2. The molecule has 0 bridgehead atoms. The van der Waals surface area contributed by atoms with Gasteiger partial charge in [0.25, 0.3) is 5.91 Å². The average Bonchev–Trinajstić information content (AvgIpc) is 3.13. The van der Waals surface area contributed by atoms with Crippen molar-refractivity contribution in [2.24, 2.45) is 0 Å². The van der Waals surface area contributed by atoms with Crippen molar-refractivity contribution in [1.82, 2.24) is 4.90 Å². The van der Waals surface area contributed by atoms with Crippen LogP contribution in [-0.4, -0.2) is 25.0 Å². The molecule has 6 heteroatoms. The van der Waals surface area contributed by atoms with Crippen LogP contribution in [0.25, 0.3) is 11.0 Å². The second-order valence-electron chi connectivity index (χ2n) is 9.04. The highest BCUT2D eigenvalue weighted by atomic mass is 16.5. The number of benzene rings is 3. The summed E-state index contributed by atoms with van der Waals surface area (Å²) in [6.07, 6.45) is 0. The third-order valence-electron chi connectivity index (χ3n) is 6.78. The number of amides is 1. The lowest BCUT2D eigenvalue weighted by molar-refractivity contribution is 0.0714. The van der Waals surface area contributed by atoms with Crippen LogP contribution in [0.4, 0.5) is 0 Å². The fourth-order valence-electron chi connectivity index (χ4n) is 4.70. The minimum Gasteiger partial charge on any atom is -0.493 e. The number of carbonyl (C=O) groups excluding carboxylic acids is 1. The van der Waals surface area contributed by atoms with Crippen molar-refractivity contribution in [3.05, 3.63) is 104 Å². The molecule has 178 valence electrons. The van der Waals surface area contributed by atoms with Crippen LogP contribution >= 0.6 is 0 Å². The lowest BCUT2D eigenvalue weighted by atomic mass is 9.97. The van der Waals surface area contributed by atoms with Crippen LogP contribution in [0.1, 0.15) is 50.0 Å². The number of aryl methyl sites for hydroxylation is 3. The maximum atomic E-state index is 13.8. The van der Waals surface area contributed by atoms with E-state index in [0.717, 1.165) is 27.8 Å². The Morgan fingerprint density at radius 2 is 1.54 bits per heavy atom. The van der Waals surface area contributed by atoms with E-state index in [1.54, 1.807) is 25.2 Å². The van der Waals surface area contributed by atoms with Crippen molar-refractivity contribution in [3.63, 3.8) is 0 Å². The Kier molecular flexibility index (Phi) is 5.59. The van der Waals surface area contributed by atoms with E-state index in [0.29, 0.717) is 34.6 Å². The van der Waals surface area contributed by atoms with E-state index in [4.69, 9.17) is 13.9 Å². The molecule has 3 aromatic carbocycles. The molecule has 0 aliphatic carbocycles. The first-order chi connectivity index (χ1) is 16.8. The molecular weight excluding hydrogens is 442 g/mol. The van der Waals surface area contributed by atoms with E-state index in [9.17, 15) is 9.59 Å². The Morgan fingerprint density at radius 1 is 0.857 bits per heavy atom. The Labute approximate surface area is 203 Å². The van der Waals surface area contributed by atoms with Crippen molar-refractivity contribution in [1.29, 1.82) is 0 Å². The van der Waals surface area contributed by atoms with Gasteiger partial charge in [-0.1, -0.05) is 35.9 Å². The first kappa shape index (κ1) is 22.7. The van der Waals surface area contributed by atoms with Gasteiger partial charge in [0.1, 0.15) is 5.58 Å². The predicted molar refractivity (Wildman–Crippen MR) is 134 cm³/mol. The fourth-order valence-corrected chi connectivity index (χ4v) is 4.70. The third kappa shape index (κ3) is 3.75. The third-order valence-corrected chi connectivity index (χ3v) is 6.78. The Hall–Kier alpha value is -4.06. The molecule has 5 rings (SSSR count). The maximum Gasteiger partial charge on any atom is 0.291 e. The summed E-state index contributed by atoms with van der Waals surface area (Å²) in [6, 6.07) is 16.5. The summed E-state index contributed by atoms with van der Waals surface area (Å²) in [4.78, 5) is 29.2. The molecule has 0 spiro atoms. The molecule has 1 aliphatic rings. The van der Waals surface area contributed by atoms with E-state index in [2.05, 4.69) is 0 Å². The smallest absolute Gasteiger partial charge is 0.291 e. The molecule has 0 radical (unpaired) electrons. The zero-order valence-electron chi connectivity index (χ0n) is 20.5. The summed E-state index contributed by atoms with van der Waals surface area (Å²) >= 11 is 0. The maximum absolute atomic E-state index is 13.8. The van der Waals surface area contributed by atoms with E-state index < -0.39 is 6.04 Å². The SMILES string of the molecule is COc1ccc(C2c3c(oc4cc(C)c(C)cc4c3=O)C(=O)N2Cc2ccc(C)cc2)cc1OC. The molecule has 0 saturated carbocycles. The summed E-state index contributed by atoms with van der Waals surface area (Å²) in [7, 11) is 3.13. The van der Waals surface area contributed by atoms with E-state index in [-0.39, 0.29) is 17.1 Å². The molecule has 0 fully saturated rings. The van der Waals surface area contributed by atoms with Crippen molar-refractivity contribution < 1.29 is 18.7 Å². The molecule has 6 nitrogen and oxygen atoms in total. The van der Waals surface area contributed by atoms with Crippen LogP contribution in [0.3, 0.4) is 0 Å². The molecule has 35 heavy (non-hydrogen) atoms. The Bertz CT molecular complexity index is 1520. The number of hydrogen-bond acceptors (Lipinski definition) is 5. The van der Waals surface area contributed by atoms with Gasteiger partial charge in [-0.2, -0.15) is 0 Å². The van der Waals surface area contributed by atoms with Gasteiger partial charge in [-0.25, -0.2) is 0 Å². The molecule has 1 amide bonds. The molecule has 0 N–H and O–H groups in total.